The first-order valence-corrected chi connectivity index (χ1v) is 8.00. The van der Waals surface area contributed by atoms with Crippen molar-refractivity contribution in [3.63, 3.8) is 0 Å². The Bertz CT molecular complexity index is 1020. The molecule has 0 spiro atoms. The van der Waals surface area contributed by atoms with Crippen molar-refractivity contribution in [1.29, 1.82) is 0 Å². The van der Waals surface area contributed by atoms with Gasteiger partial charge in [-0.05, 0) is 43.2 Å². The minimum Gasteiger partial charge on any atom is -0.497 e. The van der Waals surface area contributed by atoms with Crippen LogP contribution in [-0.2, 0) is 12.7 Å². The largest absolute Gasteiger partial charge is 0.497 e. The van der Waals surface area contributed by atoms with Gasteiger partial charge in [0.05, 0.1) is 23.9 Å². The lowest BCUT2D eigenvalue weighted by atomic mass is 10.1. The predicted octanol–water partition coefficient (Wildman–Crippen LogP) is 4.67. The molecule has 1 aromatic heterocycles. The van der Waals surface area contributed by atoms with Crippen LogP contribution in [0, 0.1) is 11.8 Å². The van der Waals surface area contributed by atoms with Crippen LogP contribution < -0.4 is 10.5 Å². The van der Waals surface area contributed by atoms with E-state index in [1.54, 1.807) is 23.8 Å². The molecule has 0 radical (unpaired) electrons. The van der Waals surface area contributed by atoms with E-state index in [-0.39, 0.29) is 0 Å². The third-order valence-corrected chi connectivity index (χ3v) is 4.14. The number of halogens is 3. The van der Waals surface area contributed by atoms with Gasteiger partial charge in [-0.15, -0.1) is 0 Å². The second-order valence-electron chi connectivity index (χ2n) is 5.72. The Morgan fingerprint density at radius 3 is 2.54 bits per heavy atom. The first-order valence-electron chi connectivity index (χ1n) is 8.00. The average Bonchev–Trinajstić information content (AvgIpc) is 2.90. The van der Waals surface area contributed by atoms with Crippen LogP contribution in [-0.4, -0.2) is 11.7 Å². The van der Waals surface area contributed by atoms with E-state index in [4.69, 9.17) is 10.5 Å². The Morgan fingerprint density at radius 2 is 1.88 bits per heavy atom. The van der Waals surface area contributed by atoms with Gasteiger partial charge in [-0.3, -0.25) is 0 Å². The molecule has 0 saturated carbocycles. The van der Waals surface area contributed by atoms with Crippen molar-refractivity contribution in [2.24, 2.45) is 0 Å². The summed E-state index contributed by atoms with van der Waals surface area (Å²) in [5.41, 5.74) is 7.50. The Morgan fingerprint density at radius 1 is 1.12 bits per heavy atom. The molecule has 0 saturated heterocycles. The number of methoxy groups -OCH3 is 1. The van der Waals surface area contributed by atoms with E-state index in [2.05, 4.69) is 11.8 Å². The number of benzene rings is 2. The van der Waals surface area contributed by atoms with Crippen LogP contribution in [0.15, 0.2) is 42.5 Å². The Balaban J connectivity index is 2.14. The second kappa shape index (κ2) is 6.68. The van der Waals surface area contributed by atoms with E-state index in [0.717, 1.165) is 17.7 Å². The van der Waals surface area contributed by atoms with Gasteiger partial charge in [0, 0.05) is 17.5 Å². The number of fused-ring (bicyclic) bond motifs is 1. The van der Waals surface area contributed by atoms with Gasteiger partial charge >= 0.3 is 6.18 Å². The van der Waals surface area contributed by atoms with E-state index in [1.165, 1.54) is 6.07 Å². The van der Waals surface area contributed by atoms with Crippen molar-refractivity contribution in [2.75, 3.05) is 12.8 Å². The van der Waals surface area contributed by atoms with Crippen LogP contribution in [0.1, 0.15) is 23.7 Å². The van der Waals surface area contributed by atoms with Crippen molar-refractivity contribution >= 4 is 16.6 Å². The molecule has 6 heteroatoms. The van der Waals surface area contributed by atoms with E-state index in [9.17, 15) is 13.2 Å². The molecule has 0 fully saturated rings. The molecule has 0 bridgehead atoms. The van der Waals surface area contributed by atoms with Crippen LogP contribution in [0.25, 0.3) is 10.9 Å². The summed E-state index contributed by atoms with van der Waals surface area (Å²) in [5.74, 6) is 6.68. The Kier molecular flexibility index (Phi) is 4.56. The van der Waals surface area contributed by atoms with Gasteiger partial charge in [0.2, 0.25) is 0 Å². The van der Waals surface area contributed by atoms with Gasteiger partial charge in [0.25, 0.3) is 0 Å². The maximum atomic E-state index is 13.0. The molecule has 0 atom stereocenters. The third kappa shape index (κ3) is 3.21. The molecule has 0 aliphatic carbocycles. The van der Waals surface area contributed by atoms with E-state index >= 15 is 0 Å². The normalized spacial score (nSPS) is 11.3. The van der Waals surface area contributed by atoms with Crippen molar-refractivity contribution in [2.45, 2.75) is 19.6 Å². The van der Waals surface area contributed by atoms with Crippen LogP contribution in [0.4, 0.5) is 18.9 Å². The number of hydrogen-bond acceptors (Lipinski definition) is 2. The number of nitrogens with zero attached hydrogens (tertiary/aromatic N) is 1. The summed E-state index contributed by atoms with van der Waals surface area (Å²) in [7, 11) is 1.57. The highest BCUT2D eigenvalue weighted by molar-refractivity contribution is 5.96. The summed E-state index contributed by atoms with van der Waals surface area (Å²) in [4.78, 5) is 0. The van der Waals surface area contributed by atoms with Gasteiger partial charge in [-0.1, -0.05) is 18.1 Å². The number of rotatable bonds is 2. The number of anilines is 1. The molecule has 3 nitrogen and oxygen atoms in total. The first-order chi connectivity index (χ1) is 12.3. The molecule has 0 aliphatic heterocycles. The fourth-order valence-corrected chi connectivity index (χ4v) is 2.85. The predicted molar refractivity (Wildman–Crippen MR) is 96.0 cm³/mol. The molecule has 0 unspecified atom stereocenters. The molecule has 2 aromatic carbocycles. The monoisotopic (exact) mass is 358 g/mol. The van der Waals surface area contributed by atoms with Crippen LogP contribution >= 0.6 is 0 Å². The highest BCUT2D eigenvalue weighted by Crippen LogP contribution is 2.35. The van der Waals surface area contributed by atoms with E-state index in [0.29, 0.717) is 34.6 Å². The highest BCUT2D eigenvalue weighted by atomic mass is 19.4. The van der Waals surface area contributed by atoms with Gasteiger partial charge in [0.1, 0.15) is 11.4 Å². The molecule has 3 aromatic rings. The molecule has 134 valence electrons. The lowest BCUT2D eigenvalue weighted by Crippen LogP contribution is -2.05. The molecular formula is C20H17F3N2O. The summed E-state index contributed by atoms with van der Waals surface area (Å²) < 4.78 is 45.9. The topological polar surface area (TPSA) is 40.2 Å². The minimum absolute atomic E-state index is 0.381. The summed E-state index contributed by atoms with van der Waals surface area (Å²) in [6.45, 7) is 2.30. The smallest absolute Gasteiger partial charge is 0.416 e. The van der Waals surface area contributed by atoms with E-state index < -0.39 is 11.7 Å². The standard InChI is InChI=1S/C20H17F3N2O/c1-3-25-17(10-7-13-5-4-6-15(11-13)26-2)19(24)16-9-8-14(12-18(16)25)20(21,22)23/h4-6,8-9,11-12H,3,24H2,1-2H3. The Labute approximate surface area is 149 Å². The van der Waals surface area contributed by atoms with Gasteiger partial charge in [-0.25, -0.2) is 0 Å². The van der Waals surface area contributed by atoms with Crippen LogP contribution in [0.5, 0.6) is 5.75 Å². The number of aryl methyl sites for hydroxylation is 1. The third-order valence-electron chi connectivity index (χ3n) is 4.14. The summed E-state index contributed by atoms with van der Waals surface area (Å²) >= 11 is 0. The zero-order valence-electron chi connectivity index (χ0n) is 14.3. The average molecular weight is 358 g/mol. The number of nitrogen functional groups attached to an aromatic ring is 1. The summed E-state index contributed by atoms with van der Waals surface area (Å²) in [5, 5.41) is 0.565. The maximum Gasteiger partial charge on any atom is 0.416 e. The fourth-order valence-electron chi connectivity index (χ4n) is 2.85. The zero-order valence-corrected chi connectivity index (χ0v) is 14.3. The molecule has 0 aliphatic rings. The lowest BCUT2D eigenvalue weighted by molar-refractivity contribution is -0.137. The summed E-state index contributed by atoms with van der Waals surface area (Å²) in [6, 6.07) is 10.8. The molecule has 3 rings (SSSR count). The van der Waals surface area contributed by atoms with Gasteiger partial charge < -0.3 is 15.0 Å². The Hall–Kier alpha value is -3.07. The first kappa shape index (κ1) is 17.7. The lowest BCUT2D eigenvalue weighted by Gasteiger charge is -2.08. The summed E-state index contributed by atoms with van der Waals surface area (Å²) in [6.07, 6.45) is -4.40. The second-order valence-corrected chi connectivity index (χ2v) is 5.72. The van der Waals surface area contributed by atoms with Gasteiger partial charge in [0.15, 0.2) is 0 Å². The number of nitrogens with two attached hydrogens (primary N) is 1. The maximum absolute atomic E-state index is 13.0. The highest BCUT2D eigenvalue weighted by Gasteiger charge is 2.31. The van der Waals surface area contributed by atoms with Crippen LogP contribution in [0.3, 0.4) is 0 Å². The van der Waals surface area contributed by atoms with Crippen molar-refractivity contribution in [3.8, 4) is 17.6 Å². The molecule has 2 N–H and O–H groups in total. The van der Waals surface area contributed by atoms with Crippen molar-refractivity contribution < 1.29 is 17.9 Å². The van der Waals surface area contributed by atoms with Gasteiger partial charge in [-0.2, -0.15) is 13.2 Å². The molecule has 1 heterocycles. The number of aromatic nitrogens is 1. The number of alkyl halides is 3. The number of hydrogen-bond donors (Lipinski definition) is 1. The van der Waals surface area contributed by atoms with Crippen molar-refractivity contribution in [1.82, 2.24) is 4.57 Å². The molecule has 0 amide bonds. The SMILES string of the molecule is CCn1c(C#Cc2cccc(OC)c2)c(N)c2ccc(C(F)(F)F)cc21. The minimum atomic E-state index is -4.40. The quantitative estimate of drug-likeness (QED) is 0.676. The van der Waals surface area contributed by atoms with E-state index in [1.807, 2.05) is 19.1 Å². The molecule has 26 heavy (non-hydrogen) atoms. The zero-order chi connectivity index (χ0) is 18.9. The van der Waals surface area contributed by atoms with Crippen LogP contribution in [0.2, 0.25) is 0 Å². The number of ether oxygens (including phenoxy) is 1. The fraction of sp³-hybridized carbons (Fsp3) is 0.200. The van der Waals surface area contributed by atoms with Crippen molar-refractivity contribution in [3.05, 3.63) is 59.3 Å². The molecular weight excluding hydrogens is 341 g/mol.